The molecule has 2 heterocycles. The van der Waals surface area contributed by atoms with E-state index in [1.807, 2.05) is 12.1 Å². The van der Waals surface area contributed by atoms with Gasteiger partial charge in [0, 0.05) is 18.9 Å². The average molecular weight is 247 g/mol. The van der Waals surface area contributed by atoms with Crippen LogP contribution in [-0.2, 0) is 17.7 Å². The van der Waals surface area contributed by atoms with E-state index in [1.54, 1.807) is 19.3 Å². The van der Waals surface area contributed by atoms with Crippen molar-refractivity contribution in [1.82, 2.24) is 25.2 Å². The largest absolute Gasteiger partial charge is 0.460 e. The average Bonchev–Trinajstić information content (AvgIpc) is 2.86. The molecule has 7 heteroatoms. The molecule has 0 aliphatic rings. The van der Waals surface area contributed by atoms with Crippen LogP contribution < -0.4 is 0 Å². The monoisotopic (exact) mass is 247 g/mol. The Balaban J connectivity index is 2.02. The molecule has 2 aromatic heterocycles. The topological polar surface area (TPSA) is 82.8 Å². The number of hydrogen-bond donors (Lipinski definition) is 0. The van der Waals surface area contributed by atoms with E-state index >= 15 is 0 Å². The lowest BCUT2D eigenvalue weighted by molar-refractivity contribution is 0.0504. The molecular formula is C11H13N5O2. The second kappa shape index (κ2) is 5.85. The van der Waals surface area contributed by atoms with Crippen LogP contribution in [0.1, 0.15) is 23.1 Å². The lowest BCUT2D eigenvalue weighted by Gasteiger charge is -2.03. The number of tetrazole rings is 1. The first kappa shape index (κ1) is 12.2. The first-order valence-electron chi connectivity index (χ1n) is 5.63. The zero-order valence-electron chi connectivity index (χ0n) is 9.98. The quantitative estimate of drug-likeness (QED) is 0.715. The molecule has 18 heavy (non-hydrogen) atoms. The third-order valence-corrected chi connectivity index (χ3v) is 2.32. The maximum absolute atomic E-state index is 11.5. The van der Waals surface area contributed by atoms with Crippen molar-refractivity contribution in [3.8, 4) is 0 Å². The zero-order chi connectivity index (χ0) is 12.8. The fourth-order valence-corrected chi connectivity index (χ4v) is 1.48. The van der Waals surface area contributed by atoms with Crippen LogP contribution in [0.2, 0.25) is 0 Å². The Labute approximate surface area is 104 Å². The van der Waals surface area contributed by atoms with Gasteiger partial charge in [0.25, 0.3) is 5.82 Å². The molecular weight excluding hydrogens is 234 g/mol. The molecule has 0 unspecified atom stereocenters. The number of carbonyl (C=O) groups is 1. The van der Waals surface area contributed by atoms with Gasteiger partial charge in [0.1, 0.15) is 0 Å². The molecule has 2 aromatic rings. The number of rotatable bonds is 5. The molecule has 0 atom stereocenters. The second-order valence-corrected chi connectivity index (χ2v) is 3.56. The predicted molar refractivity (Wildman–Crippen MR) is 61.7 cm³/mol. The van der Waals surface area contributed by atoms with Crippen molar-refractivity contribution >= 4 is 5.97 Å². The summed E-state index contributed by atoms with van der Waals surface area (Å²) in [5, 5.41) is 10.9. The second-order valence-electron chi connectivity index (χ2n) is 3.56. The number of aryl methyl sites for hydroxylation is 2. The van der Waals surface area contributed by atoms with Crippen LogP contribution in [0.5, 0.6) is 0 Å². The van der Waals surface area contributed by atoms with Crippen LogP contribution in [0.15, 0.2) is 24.5 Å². The Morgan fingerprint density at radius 2 is 2.39 bits per heavy atom. The summed E-state index contributed by atoms with van der Waals surface area (Å²) in [4.78, 5) is 15.6. The number of esters is 1. The van der Waals surface area contributed by atoms with E-state index in [9.17, 15) is 4.79 Å². The number of pyridine rings is 1. The molecule has 0 bridgehead atoms. The van der Waals surface area contributed by atoms with Crippen molar-refractivity contribution in [1.29, 1.82) is 0 Å². The number of aromatic nitrogens is 5. The van der Waals surface area contributed by atoms with Gasteiger partial charge >= 0.3 is 5.97 Å². The van der Waals surface area contributed by atoms with Crippen LogP contribution in [-0.4, -0.2) is 37.8 Å². The number of carbonyl (C=O) groups excluding carboxylic acids is 1. The van der Waals surface area contributed by atoms with Gasteiger partial charge in [-0.1, -0.05) is 6.07 Å². The van der Waals surface area contributed by atoms with Gasteiger partial charge in [-0.2, -0.15) is 0 Å². The molecule has 0 aromatic carbocycles. The van der Waals surface area contributed by atoms with E-state index in [0.717, 1.165) is 5.56 Å². The molecule has 0 fully saturated rings. The Morgan fingerprint density at radius 3 is 3.11 bits per heavy atom. The highest BCUT2D eigenvalue weighted by molar-refractivity contribution is 5.85. The molecule has 0 spiro atoms. The number of nitrogens with zero attached hydrogens (tertiary/aromatic N) is 5. The highest BCUT2D eigenvalue weighted by atomic mass is 16.5. The van der Waals surface area contributed by atoms with Gasteiger partial charge < -0.3 is 4.74 Å². The fourth-order valence-electron chi connectivity index (χ4n) is 1.48. The van der Waals surface area contributed by atoms with E-state index in [1.165, 1.54) is 4.68 Å². The predicted octanol–water partition coefficient (Wildman–Crippen LogP) is 0.487. The van der Waals surface area contributed by atoms with Gasteiger partial charge in [0.15, 0.2) is 0 Å². The first-order chi connectivity index (χ1) is 8.81. The van der Waals surface area contributed by atoms with Gasteiger partial charge in [-0.05, 0) is 35.4 Å². The third-order valence-electron chi connectivity index (χ3n) is 2.32. The van der Waals surface area contributed by atoms with Gasteiger partial charge in [0.05, 0.1) is 6.61 Å². The minimum Gasteiger partial charge on any atom is -0.460 e. The molecule has 94 valence electrons. The molecule has 0 saturated carbocycles. The molecule has 2 rings (SSSR count). The molecule has 0 saturated heterocycles. The number of ether oxygens (including phenoxy) is 1. The van der Waals surface area contributed by atoms with Crippen molar-refractivity contribution in [3.05, 3.63) is 35.9 Å². The summed E-state index contributed by atoms with van der Waals surface area (Å²) in [7, 11) is 0. The van der Waals surface area contributed by atoms with Gasteiger partial charge in [0.2, 0.25) is 0 Å². The van der Waals surface area contributed by atoms with Crippen molar-refractivity contribution in [3.63, 3.8) is 0 Å². The van der Waals surface area contributed by atoms with Crippen molar-refractivity contribution in [2.45, 2.75) is 19.9 Å². The van der Waals surface area contributed by atoms with E-state index in [4.69, 9.17) is 4.74 Å². The smallest absolute Gasteiger partial charge is 0.378 e. The van der Waals surface area contributed by atoms with Crippen LogP contribution in [0.25, 0.3) is 0 Å². The minimum atomic E-state index is -0.506. The molecule has 0 radical (unpaired) electrons. The van der Waals surface area contributed by atoms with Gasteiger partial charge in [-0.15, -0.1) is 5.10 Å². The molecule has 0 amide bonds. The molecule has 0 aliphatic carbocycles. The van der Waals surface area contributed by atoms with Gasteiger partial charge in [-0.3, -0.25) is 4.98 Å². The maximum atomic E-state index is 11.5. The summed E-state index contributed by atoms with van der Waals surface area (Å²) in [6.45, 7) is 2.54. The van der Waals surface area contributed by atoms with E-state index in [-0.39, 0.29) is 5.82 Å². The maximum Gasteiger partial charge on any atom is 0.378 e. The summed E-state index contributed by atoms with van der Waals surface area (Å²) in [6, 6.07) is 3.82. The van der Waals surface area contributed by atoms with Crippen molar-refractivity contribution < 1.29 is 9.53 Å². The van der Waals surface area contributed by atoms with Crippen molar-refractivity contribution in [2.75, 3.05) is 6.61 Å². The molecule has 7 nitrogen and oxygen atoms in total. The fraction of sp³-hybridized carbons (Fsp3) is 0.364. The Morgan fingerprint density at radius 1 is 1.50 bits per heavy atom. The summed E-state index contributed by atoms with van der Waals surface area (Å²) < 4.78 is 6.30. The van der Waals surface area contributed by atoms with Crippen LogP contribution in [0, 0.1) is 0 Å². The standard InChI is InChI=1S/C11H13N5O2/c1-2-18-11(17)10-13-14-15-16(10)7-5-9-4-3-6-12-8-9/h3-4,6,8H,2,5,7H2,1H3. The highest BCUT2D eigenvalue weighted by Crippen LogP contribution is 2.01. The zero-order valence-corrected chi connectivity index (χ0v) is 9.98. The SMILES string of the molecule is CCOC(=O)c1nnnn1CCc1cccnc1. The van der Waals surface area contributed by atoms with E-state index in [0.29, 0.717) is 19.6 Å². The Bertz CT molecular complexity index is 511. The minimum absolute atomic E-state index is 0.126. The first-order valence-corrected chi connectivity index (χ1v) is 5.63. The normalized spacial score (nSPS) is 10.3. The molecule has 0 N–H and O–H groups in total. The Hall–Kier alpha value is -2.31. The lowest BCUT2D eigenvalue weighted by Crippen LogP contribution is -2.15. The summed E-state index contributed by atoms with van der Waals surface area (Å²) in [5.74, 6) is -0.380. The summed E-state index contributed by atoms with van der Waals surface area (Å²) in [6.07, 6.45) is 4.18. The van der Waals surface area contributed by atoms with E-state index < -0.39 is 5.97 Å². The number of hydrogen-bond acceptors (Lipinski definition) is 6. The van der Waals surface area contributed by atoms with E-state index in [2.05, 4.69) is 20.5 Å². The summed E-state index contributed by atoms with van der Waals surface area (Å²) >= 11 is 0. The van der Waals surface area contributed by atoms with Gasteiger partial charge in [-0.25, -0.2) is 9.48 Å². The Kier molecular flexibility index (Phi) is 3.95. The lowest BCUT2D eigenvalue weighted by atomic mass is 10.2. The molecule has 0 aliphatic heterocycles. The van der Waals surface area contributed by atoms with Crippen LogP contribution >= 0.6 is 0 Å². The van der Waals surface area contributed by atoms with Crippen molar-refractivity contribution in [2.24, 2.45) is 0 Å². The highest BCUT2D eigenvalue weighted by Gasteiger charge is 2.16. The van der Waals surface area contributed by atoms with Crippen LogP contribution in [0.4, 0.5) is 0 Å². The van der Waals surface area contributed by atoms with Crippen LogP contribution in [0.3, 0.4) is 0 Å². The summed E-state index contributed by atoms with van der Waals surface area (Å²) in [5.41, 5.74) is 1.06. The third kappa shape index (κ3) is 2.88.